The quantitative estimate of drug-likeness (QED) is 0.493. The summed E-state index contributed by atoms with van der Waals surface area (Å²) in [5.41, 5.74) is 0.556. The molecule has 0 aliphatic rings. The van der Waals surface area contributed by atoms with Crippen LogP contribution < -0.4 is 10.0 Å². The van der Waals surface area contributed by atoms with Crippen LogP contribution in [0.25, 0.3) is 0 Å². The molecule has 1 aromatic carbocycles. The molecule has 166 valence electrons. The van der Waals surface area contributed by atoms with Crippen molar-refractivity contribution < 1.29 is 17.9 Å². The van der Waals surface area contributed by atoms with E-state index in [4.69, 9.17) is 0 Å². The summed E-state index contributed by atoms with van der Waals surface area (Å²) in [6, 6.07) is 6.25. The second kappa shape index (κ2) is 10.6. The van der Waals surface area contributed by atoms with Crippen LogP contribution in [-0.4, -0.2) is 47.4 Å². The molecule has 8 nitrogen and oxygen atoms in total. The maximum atomic E-state index is 14.3. The average molecular weight is 440 g/mol. The molecule has 0 bridgehead atoms. The molecular formula is C20H30FN5O3S. The third kappa shape index (κ3) is 7.49. The zero-order chi connectivity index (χ0) is 22.3. The molecule has 2 atom stereocenters. The van der Waals surface area contributed by atoms with Gasteiger partial charge >= 0.3 is 0 Å². The van der Waals surface area contributed by atoms with Crippen molar-refractivity contribution in [2.75, 3.05) is 22.9 Å². The number of hydrogen-bond acceptors (Lipinski definition) is 7. The van der Waals surface area contributed by atoms with Crippen molar-refractivity contribution in [2.24, 2.45) is 5.92 Å². The van der Waals surface area contributed by atoms with Crippen molar-refractivity contribution in [3.63, 3.8) is 0 Å². The first kappa shape index (κ1) is 23.9. The van der Waals surface area contributed by atoms with Gasteiger partial charge < -0.3 is 10.4 Å². The molecule has 0 radical (unpaired) electrons. The van der Waals surface area contributed by atoms with Crippen LogP contribution in [0.1, 0.15) is 50.9 Å². The van der Waals surface area contributed by atoms with Crippen molar-refractivity contribution in [1.29, 1.82) is 0 Å². The fraction of sp³-hybridized carbons (Fsp3) is 0.550. The predicted octanol–water partition coefficient (Wildman–Crippen LogP) is 2.94. The van der Waals surface area contributed by atoms with Gasteiger partial charge in [0.1, 0.15) is 11.6 Å². The lowest BCUT2D eigenvalue weighted by molar-refractivity contribution is 0.259. The van der Waals surface area contributed by atoms with Gasteiger partial charge in [-0.2, -0.15) is 15.0 Å². The van der Waals surface area contributed by atoms with E-state index in [2.05, 4.69) is 25.0 Å². The Morgan fingerprint density at radius 2 is 1.80 bits per heavy atom. The average Bonchev–Trinajstić information content (AvgIpc) is 2.64. The highest BCUT2D eigenvalue weighted by atomic mass is 32.2. The summed E-state index contributed by atoms with van der Waals surface area (Å²) in [6.07, 6.45) is 2.64. The van der Waals surface area contributed by atoms with Crippen LogP contribution in [0.5, 0.6) is 0 Å². The number of rotatable bonds is 11. The lowest BCUT2D eigenvalue weighted by Gasteiger charge is -2.20. The Kier molecular flexibility index (Phi) is 8.48. The highest BCUT2D eigenvalue weighted by molar-refractivity contribution is 7.91. The van der Waals surface area contributed by atoms with Crippen LogP contribution in [-0.2, 0) is 16.4 Å². The molecule has 0 fully saturated rings. The van der Waals surface area contributed by atoms with Crippen LogP contribution in [0, 0.1) is 11.7 Å². The van der Waals surface area contributed by atoms with Crippen LogP contribution >= 0.6 is 0 Å². The fourth-order valence-electron chi connectivity index (χ4n) is 3.22. The number of benzene rings is 1. The van der Waals surface area contributed by atoms with E-state index in [9.17, 15) is 17.9 Å². The maximum Gasteiger partial charge on any atom is 0.241 e. The van der Waals surface area contributed by atoms with Gasteiger partial charge in [-0.3, -0.25) is 4.72 Å². The number of aromatic nitrogens is 3. The van der Waals surface area contributed by atoms with Gasteiger partial charge in [-0.15, -0.1) is 0 Å². The number of aliphatic hydroxyl groups excluding tert-OH is 1. The van der Waals surface area contributed by atoms with Gasteiger partial charge in [0, 0.05) is 6.42 Å². The minimum absolute atomic E-state index is 0.116. The van der Waals surface area contributed by atoms with Gasteiger partial charge in [-0.1, -0.05) is 39.0 Å². The van der Waals surface area contributed by atoms with Crippen molar-refractivity contribution >= 4 is 21.9 Å². The molecule has 1 aromatic heterocycles. The van der Waals surface area contributed by atoms with E-state index in [0.717, 1.165) is 6.26 Å². The van der Waals surface area contributed by atoms with Crippen molar-refractivity contribution in [3.8, 4) is 0 Å². The van der Waals surface area contributed by atoms with E-state index in [0.29, 0.717) is 36.6 Å². The smallest absolute Gasteiger partial charge is 0.241 e. The molecule has 30 heavy (non-hydrogen) atoms. The number of sulfonamides is 1. The van der Waals surface area contributed by atoms with E-state index in [1.807, 2.05) is 20.8 Å². The normalized spacial score (nSPS) is 13.8. The standard InChI is InChI=1S/C20H30FN5O3S/c1-5-14(16-8-6-7-9-17(16)21)11-18-23-19(22-15(12-27)10-13(2)3)25-20(24-18)26-30(4,28)29/h6-9,13-15,27H,5,10-12H2,1-4H3,(H2,22,23,24,25,26)/t14?,15-/m1/s1. The van der Waals surface area contributed by atoms with E-state index in [1.165, 1.54) is 6.07 Å². The number of nitrogens with one attached hydrogen (secondary N) is 2. The molecule has 0 amide bonds. The predicted molar refractivity (Wildman–Crippen MR) is 115 cm³/mol. The number of aliphatic hydroxyl groups is 1. The minimum atomic E-state index is -3.60. The summed E-state index contributed by atoms with van der Waals surface area (Å²) in [5.74, 6) is 0.217. The second-order valence-corrected chi connectivity index (χ2v) is 9.51. The number of nitrogens with zero attached hydrogens (tertiary/aromatic N) is 3. The summed E-state index contributed by atoms with van der Waals surface area (Å²) in [7, 11) is -3.60. The lowest BCUT2D eigenvalue weighted by Crippen LogP contribution is -2.27. The van der Waals surface area contributed by atoms with Crippen molar-refractivity contribution in [2.45, 2.75) is 52.0 Å². The summed E-state index contributed by atoms with van der Waals surface area (Å²) in [4.78, 5) is 12.7. The number of halogens is 1. The molecule has 1 unspecified atom stereocenters. The summed E-state index contributed by atoms with van der Waals surface area (Å²) >= 11 is 0. The molecule has 0 spiro atoms. The van der Waals surface area contributed by atoms with Crippen molar-refractivity contribution in [1.82, 2.24) is 15.0 Å². The SMILES string of the molecule is CCC(Cc1nc(N[C@@H](CO)CC(C)C)nc(NS(C)(=O)=O)n1)c1ccccc1F. The first-order valence-corrected chi connectivity index (χ1v) is 11.8. The first-order chi connectivity index (χ1) is 14.1. The fourth-order valence-corrected chi connectivity index (χ4v) is 3.64. The van der Waals surface area contributed by atoms with Gasteiger partial charge in [0.05, 0.1) is 18.9 Å². The lowest BCUT2D eigenvalue weighted by atomic mass is 9.92. The van der Waals surface area contributed by atoms with Gasteiger partial charge in [0.25, 0.3) is 0 Å². The summed E-state index contributed by atoms with van der Waals surface area (Å²) < 4.78 is 39.9. The highest BCUT2D eigenvalue weighted by Gasteiger charge is 2.19. The van der Waals surface area contributed by atoms with Crippen LogP contribution in [0.15, 0.2) is 24.3 Å². The Bertz CT molecular complexity index is 940. The Morgan fingerprint density at radius 1 is 1.13 bits per heavy atom. The molecular weight excluding hydrogens is 409 g/mol. The molecule has 3 N–H and O–H groups in total. The Balaban J connectivity index is 2.36. The third-order valence-corrected chi connectivity index (χ3v) is 5.09. The van der Waals surface area contributed by atoms with Gasteiger partial charge in [0.15, 0.2) is 0 Å². The van der Waals surface area contributed by atoms with Gasteiger partial charge in [-0.05, 0) is 36.3 Å². The third-order valence-electron chi connectivity index (χ3n) is 4.53. The Labute approximate surface area is 177 Å². The van der Waals surface area contributed by atoms with E-state index >= 15 is 0 Å². The monoisotopic (exact) mass is 439 g/mol. The molecule has 0 aliphatic heterocycles. The number of anilines is 2. The number of hydrogen-bond donors (Lipinski definition) is 3. The largest absolute Gasteiger partial charge is 0.394 e. The zero-order valence-corrected chi connectivity index (χ0v) is 18.6. The molecule has 0 saturated heterocycles. The molecule has 2 aromatic rings. The van der Waals surface area contributed by atoms with Gasteiger partial charge in [0.2, 0.25) is 21.9 Å². The highest BCUT2D eigenvalue weighted by Crippen LogP contribution is 2.26. The van der Waals surface area contributed by atoms with E-state index < -0.39 is 10.0 Å². The van der Waals surface area contributed by atoms with E-state index in [1.54, 1.807) is 18.2 Å². The molecule has 0 saturated carbocycles. The Morgan fingerprint density at radius 3 is 2.37 bits per heavy atom. The molecule has 0 aliphatic carbocycles. The van der Waals surface area contributed by atoms with Crippen molar-refractivity contribution in [3.05, 3.63) is 41.5 Å². The minimum Gasteiger partial charge on any atom is -0.394 e. The molecule has 1 heterocycles. The zero-order valence-electron chi connectivity index (χ0n) is 17.8. The topological polar surface area (TPSA) is 117 Å². The summed E-state index contributed by atoms with van der Waals surface area (Å²) in [6.45, 7) is 5.87. The Hall–Kier alpha value is -2.33. The van der Waals surface area contributed by atoms with Crippen LogP contribution in [0.3, 0.4) is 0 Å². The van der Waals surface area contributed by atoms with Crippen LogP contribution in [0.4, 0.5) is 16.3 Å². The second-order valence-electron chi connectivity index (χ2n) is 7.76. The molecule has 2 rings (SSSR count). The maximum absolute atomic E-state index is 14.3. The van der Waals surface area contributed by atoms with Crippen LogP contribution in [0.2, 0.25) is 0 Å². The molecule has 10 heteroatoms. The van der Waals surface area contributed by atoms with Gasteiger partial charge in [-0.25, -0.2) is 12.8 Å². The van der Waals surface area contributed by atoms with E-state index in [-0.39, 0.29) is 36.3 Å². The first-order valence-electron chi connectivity index (χ1n) is 9.95. The summed E-state index contributed by atoms with van der Waals surface area (Å²) in [5, 5.41) is 12.7.